The number of halogens is 3. The molecular weight excluding hydrogens is 385 g/mol. The van der Waals surface area contributed by atoms with Crippen molar-refractivity contribution in [2.45, 2.75) is 0 Å². The lowest BCUT2D eigenvalue weighted by Crippen LogP contribution is -2.20. The van der Waals surface area contributed by atoms with E-state index in [1.54, 1.807) is 18.2 Å². The second-order valence-electron chi connectivity index (χ2n) is 3.85. The van der Waals surface area contributed by atoms with Crippen LogP contribution in [0.1, 0.15) is 10.6 Å². The van der Waals surface area contributed by atoms with Gasteiger partial charge >= 0.3 is 5.97 Å². The highest BCUT2D eigenvalue weighted by atomic mass is 79.9. The van der Waals surface area contributed by atoms with Crippen LogP contribution in [-0.2, 0) is 9.53 Å². The molecule has 8 heteroatoms. The molecule has 0 unspecified atom stereocenters. The van der Waals surface area contributed by atoms with Gasteiger partial charge in [0.1, 0.15) is 0 Å². The molecule has 5 nitrogen and oxygen atoms in total. The van der Waals surface area contributed by atoms with Crippen LogP contribution in [0.15, 0.2) is 39.4 Å². The zero-order valence-electron chi connectivity index (χ0n) is 10.4. The smallest absolute Gasteiger partial charge is 0.374 e. The van der Waals surface area contributed by atoms with Crippen molar-refractivity contribution in [1.82, 2.24) is 0 Å². The minimum atomic E-state index is -0.743. The largest absolute Gasteiger partial charge is 0.450 e. The summed E-state index contributed by atoms with van der Waals surface area (Å²) in [7, 11) is 0. The lowest BCUT2D eigenvalue weighted by Gasteiger charge is -2.07. The molecule has 21 heavy (non-hydrogen) atoms. The second kappa shape index (κ2) is 6.98. The third-order valence-electron chi connectivity index (χ3n) is 2.31. The Morgan fingerprint density at radius 2 is 2.00 bits per heavy atom. The molecule has 1 amide bonds. The molecule has 0 aliphatic rings. The van der Waals surface area contributed by atoms with Gasteiger partial charge in [0, 0.05) is 5.02 Å². The Bertz CT molecular complexity index is 687. The quantitative estimate of drug-likeness (QED) is 0.793. The van der Waals surface area contributed by atoms with Crippen LogP contribution >= 0.6 is 39.1 Å². The van der Waals surface area contributed by atoms with E-state index in [0.717, 1.165) is 0 Å². The predicted molar refractivity (Wildman–Crippen MR) is 81.8 cm³/mol. The number of furan rings is 1. The lowest BCUT2D eigenvalue weighted by molar-refractivity contribution is -0.119. The number of anilines is 1. The summed E-state index contributed by atoms with van der Waals surface area (Å²) in [6.45, 7) is -0.472. The summed E-state index contributed by atoms with van der Waals surface area (Å²) in [6.07, 6.45) is 0. The van der Waals surface area contributed by atoms with Crippen LogP contribution in [-0.4, -0.2) is 18.5 Å². The molecule has 0 fully saturated rings. The Kier molecular flexibility index (Phi) is 5.27. The van der Waals surface area contributed by atoms with Crippen molar-refractivity contribution >= 4 is 56.7 Å². The molecule has 0 bridgehead atoms. The maximum absolute atomic E-state index is 11.7. The molecule has 2 aromatic rings. The molecular formula is C13H8BrCl2NO4. The Morgan fingerprint density at radius 1 is 1.24 bits per heavy atom. The number of carbonyl (C=O) groups excluding carboxylic acids is 2. The average molecular weight is 393 g/mol. The molecule has 110 valence electrons. The van der Waals surface area contributed by atoms with Gasteiger partial charge in [-0.15, -0.1) is 0 Å². The van der Waals surface area contributed by atoms with Gasteiger partial charge in [-0.05, 0) is 46.3 Å². The topological polar surface area (TPSA) is 68.5 Å². The Labute approximate surface area is 138 Å². The molecule has 1 heterocycles. The van der Waals surface area contributed by atoms with Crippen LogP contribution < -0.4 is 5.32 Å². The summed E-state index contributed by atoms with van der Waals surface area (Å²) in [5.74, 6) is -1.29. The fourth-order valence-corrected chi connectivity index (χ4v) is 2.05. The maximum Gasteiger partial charge on any atom is 0.374 e. The molecule has 0 saturated carbocycles. The molecule has 0 spiro atoms. The minimum Gasteiger partial charge on any atom is -0.450 e. The van der Waals surface area contributed by atoms with E-state index in [1.165, 1.54) is 12.1 Å². The van der Waals surface area contributed by atoms with Gasteiger partial charge in [0.15, 0.2) is 11.3 Å². The van der Waals surface area contributed by atoms with Gasteiger partial charge in [0.25, 0.3) is 5.91 Å². The van der Waals surface area contributed by atoms with Crippen molar-refractivity contribution in [3.8, 4) is 0 Å². The fraction of sp³-hybridized carbons (Fsp3) is 0.0769. The average Bonchev–Trinajstić information content (AvgIpc) is 2.87. The van der Waals surface area contributed by atoms with E-state index in [1.807, 2.05) is 0 Å². The fourth-order valence-electron chi connectivity index (χ4n) is 1.41. The number of esters is 1. The summed E-state index contributed by atoms with van der Waals surface area (Å²) in [5.41, 5.74) is 0.339. The molecule has 1 aromatic heterocycles. The Hall–Kier alpha value is -1.50. The van der Waals surface area contributed by atoms with E-state index in [0.29, 0.717) is 20.4 Å². The van der Waals surface area contributed by atoms with Gasteiger partial charge in [0.2, 0.25) is 5.76 Å². The summed E-state index contributed by atoms with van der Waals surface area (Å²) < 4.78 is 10.2. The zero-order valence-corrected chi connectivity index (χ0v) is 13.5. The van der Waals surface area contributed by atoms with Crippen LogP contribution in [0.4, 0.5) is 5.69 Å². The number of hydrogen-bond acceptors (Lipinski definition) is 4. The summed E-state index contributed by atoms with van der Waals surface area (Å²) in [4.78, 5) is 23.3. The van der Waals surface area contributed by atoms with Crippen LogP contribution in [0.25, 0.3) is 0 Å². The van der Waals surface area contributed by atoms with Crippen molar-refractivity contribution in [3.63, 3.8) is 0 Å². The van der Waals surface area contributed by atoms with Crippen molar-refractivity contribution in [1.29, 1.82) is 0 Å². The third kappa shape index (κ3) is 4.49. The van der Waals surface area contributed by atoms with Crippen molar-refractivity contribution < 1.29 is 18.7 Å². The van der Waals surface area contributed by atoms with Crippen molar-refractivity contribution in [2.75, 3.05) is 11.9 Å². The van der Waals surface area contributed by atoms with E-state index in [4.69, 9.17) is 32.4 Å². The number of benzene rings is 1. The first-order valence-electron chi connectivity index (χ1n) is 5.63. The summed E-state index contributed by atoms with van der Waals surface area (Å²) in [5, 5.41) is 3.24. The monoisotopic (exact) mass is 391 g/mol. The molecule has 0 radical (unpaired) electrons. The number of ether oxygens (including phenoxy) is 1. The highest BCUT2D eigenvalue weighted by molar-refractivity contribution is 9.10. The number of amides is 1. The Morgan fingerprint density at radius 3 is 2.67 bits per heavy atom. The van der Waals surface area contributed by atoms with Crippen LogP contribution in [0.2, 0.25) is 10.0 Å². The van der Waals surface area contributed by atoms with Gasteiger partial charge in [0.05, 0.1) is 10.7 Å². The van der Waals surface area contributed by atoms with E-state index in [-0.39, 0.29) is 5.76 Å². The maximum atomic E-state index is 11.7. The number of rotatable bonds is 4. The first kappa shape index (κ1) is 15.9. The zero-order chi connectivity index (χ0) is 15.4. The molecule has 1 N–H and O–H groups in total. The van der Waals surface area contributed by atoms with E-state index < -0.39 is 18.5 Å². The molecule has 0 aliphatic carbocycles. The highest BCUT2D eigenvalue weighted by Gasteiger charge is 2.14. The summed E-state index contributed by atoms with van der Waals surface area (Å²) in [6, 6.07) is 7.61. The highest BCUT2D eigenvalue weighted by Crippen LogP contribution is 2.25. The van der Waals surface area contributed by atoms with Crippen LogP contribution in [0.3, 0.4) is 0 Å². The first-order valence-corrected chi connectivity index (χ1v) is 7.18. The SMILES string of the molecule is O=C(COC(=O)c1ccc(Br)o1)Nc1cc(Cl)ccc1Cl. The Balaban J connectivity index is 1.90. The van der Waals surface area contributed by atoms with Gasteiger partial charge in [-0.25, -0.2) is 4.79 Å². The summed E-state index contributed by atoms with van der Waals surface area (Å²) >= 11 is 14.8. The van der Waals surface area contributed by atoms with E-state index >= 15 is 0 Å². The number of nitrogens with one attached hydrogen (secondary N) is 1. The van der Waals surface area contributed by atoms with Crippen LogP contribution in [0.5, 0.6) is 0 Å². The minimum absolute atomic E-state index is 0.00420. The van der Waals surface area contributed by atoms with Crippen molar-refractivity contribution in [2.24, 2.45) is 0 Å². The molecule has 2 rings (SSSR count). The van der Waals surface area contributed by atoms with E-state index in [9.17, 15) is 9.59 Å². The number of hydrogen-bond donors (Lipinski definition) is 1. The van der Waals surface area contributed by atoms with Gasteiger partial charge in [-0.3, -0.25) is 4.79 Å². The van der Waals surface area contributed by atoms with E-state index in [2.05, 4.69) is 21.2 Å². The van der Waals surface area contributed by atoms with Crippen LogP contribution in [0, 0.1) is 0 Å². The second-order valence-corrected chi connectivity index (χ2v) is 5.48. The molecule has 0 saturated heterocycles. The number of carbonyl (C=O) groups is 2. The third-order valence-corrected chi connectivity index (χ3v) is 3.30. The van der Waals surface area contributed by atoms with Crippen molar-refractivity contribution in [3.05, 3.63) is 50.8 Å². The normalized spacial score (nSPS) is 10.2. The van der Waals surface area contributed by atoms with Gasteiger partial charge in [-0.1, -0.05) is 23.2 Å². The standard InChI is InChI=1S/C13H8BrCl2NO4/c14-11-4-3-10(21-11)13(19)20-6-12(18)17-9-5-7(15)1-2-8(9)16/h1-5H,6H2,(H,17,18). The lowest BCUT2D eigenvalue weighted by atomic mass is 10.3. The van der Waals surface area contributed by atoms with Gasteiger partial charge in [-0.2, -0.15) is 0 Å². The molecule has 0 atom stereocenters. The predicted octanol–water partition coefficient (Wildman–Crippen LogP) is 4.14. The molecule has 1 aromatic carbocycles. The molecule has 0 aliphatic heterocycles. The first-order chi connectivity index (χ1) is 9.95. The van der Waals surface area contributed by atoms with Gasteiger partial charge < -0.3 is 14.5 Å².